The van der Waals surface area contributed by atoms with Crippen LogP contribution in [0.1, 0.15) is 6.42 Å². The van der Waals surface area contributed by atoms with E-state index in [1.165, 1.54) is 4.90 Å². The number of rotatable bonds is 3. The fourth-order valence-corrected chi connectivity index (χ4v) is 1.42. The molecule has 0 saturated heterocycles. The molecule has 0 bridgehead atoms. The number of carbonyl (C=O) groups excluding carboxylic acids is 1. The Hall–Kier alpha value is -1.11. The van der Waals surface area contributed by atoms with Crippen molar-refractivity contribution < 1.29 is 14.7 Å². The number of halogens is 1. The molecule has 0 aliphatic rings. The summed E-state index contributed by atoms with van der Waals surface area (Å²) in [4.78, 5) is 23.1. The SMILES string of the molecule is CN(C(=O)CC(=O)O)c1ccc(I)cc1. The minimum absolute atomic E-state index is 0.427. The van der Waals surface area contributed by atoms with Gasteiger partial charge in [-0.3, -0.25) is 9.59 Å². The highest BCUT2D eigenvalue weighted by atomic mass is 127. The van der Waals surface area contributed by atoms with Crippen molar-refractivity contribution >= 4 is 40.2 Å². The van der Waals surface area contributed by atoms with Gasteiger partial charge in [-0.2, -0.15) is 0 Å². The van der Waals surface area contributed by atoms with Crippen LogP contribution in [-0.2, 0) is 9.59 Å². The van der Waals surface area contributed by atoms with Gasteiger partial charge in [0.1, 0.15) is 6.42 Å². The molecule has 0 fully saturated rings. The number of carboxylic acid groups (broad SMARTS) is 1. The zero-order valence-corrected chi connectivity index (χ0v) is 10.3. The molecule has 0 aliphatic carbocycles. The number of nitrogens with zero attached hydrogens (tertiary/aromatic N) is 1. The maximum atomic E-state index is 11.4. The van der Waals surface area contributed by atoms with Crippen LogP contribution in [0.25, 0.3) is 0 Å². The van der Waals surface area contributed by atoms with Gasteiger partial charge >= 0.3 is 5.97 Å². The third kappa shape index (κ3) is 3.50. The molecular weight excluding hydrogens is 309 g/mol. The number of aliphatic carboxylic acids is 1. The predicted octanol–water partition coefficient (Wildman–Crippen LogP) is 1.73. The summed E-state index contributed by atoms with van der Waals surface area (Å²) in [6.45, 7) is 0. The van der Waals surface area contributed by atoms with Crippen LogP contribution >= 0.6 is 22.6 Å². The van der Waals surface area contributed by atoms with E-state index >= 15 is 0 Å². The van der Waals surface area contributed by atoms with Gasteiger partial charge in [-0.1, -0.05) is 0 Å². The van der Waals surface area contributed by atoms with E-state index in [1.54, 1.807) is 19.2 Å². The molecule has 0 spiro atoms. The van der Waals surface area contributed by atoms with Gasteiger partial charge in [-0.25, -0.2) is 0 Å². The minimum atomic E-state index is -1.11. The lowest BCUT2D eigenvalue weighted by molar-refractivity contribution is -0.140. The maximum Gasteiger partial charge on any atom is 0.312 e. The zero-order chi connectivity index (χ0) is 11.4. The number of hydrogen-bond acceptors (Lipinski definition) is 2. The van der Waals surface area contributed by atoms with Crippen molar-refractivity contribution in [2.24, 2.45) is 0 Å². The van der Waals surface area contributed by atoms with E-state index in [2.05, 4.69) is 22.6 Å². The van der Waals surface area contributed by atoms with E-state index in [0.29, 0.717) is 5.69 Å². The summed E-state index contributed by atoms with van der Waals surface area (Å²) >= 11 is 2.16. The molecule has 0 heterocycles. The summed E-state index contributed by atoms with van der Waals surface area (Å²) in [5.74, 6) is -1.54. The minimum Gasteiger partial charge on any atom is -0.481 e. The quantitative estimate of drug-likeness (QED) is 0.682. The van der Waals surface area contributed by atoms with Crippen molar-refractivity contribution in [3.63, 3.8) is 0 Å². The molecule has 0 aliphatic heterocycles. The number of anilines is 1. The molecular formula is C10H10INO3. The lowest BCUT2D eigenvalue weighted by Crippen LogP contribution is -2.28. The predicted molar refractivity (Wildman–Crippen MR) is 64.8 cm³/mol. The van der Waals surface area contributed by atoms with Gasteiger partial charge in [-0.05, 0) is 46.9 Å². The van der Waals surface area contributed by atoms with Crippen LogP contribution < -0.4 is 4.90 Å². The number of carbonyl (C=O) groups is 2. The van der Waals surface area contributed by atoms with Crippen LogP contribution in [0.3, 0.4) is 0 Å². The molecule has 0 saturated carbocycles. The molecule has 1 rings (SSSR count). The summed E-state index contributed by atoms with van der Waals surface area (Å²) in [5.41, 5.74) is 0.696. The Morgan fingerprint density at radius 3 is 2.33 bits per heavy atom. The van der Waals surface area contributed by atoms with E-state index in [-0.39, 0.29) is 0 Å². The Morgan fingerprint density at radius 2 is 1.87 bits per heavy atom. The molecule has 5 heteroatoms. The Morgan fingerprint density at radius 1 is 1.33 bits per heavy atom. The summed E-state index contributed by atoms with van der Waals surface area (Å²) in [7, 11) is 1.56. The monoisotopic (exact) mass is 319 g/mol. The molecule has 0 aromatic heterocycles. The first-order valence-corrected chi connectivity index (χ1v) is 5.32. The van der Waals surface area contributed by atoms with Crippen LogP contribution in [0.5, 0.6) is 0 Å². The van der Waals surface area contributed by atoms with Gasteiger partial charge in [0.15, 0.2) is 0 Å². The van der Waals surface area contributed by atoms with Gasteiger partial charge in [0.05, 0.1) is 0 Å². The smallest absolute Gasteiger partial charge is 0.312 e. The molecule has 0 atom stereocenters. The Kier molecular flexibility index (Phi) is 4.07. The number of amides is 1. The van der Waals surface area contributed by atoms with Crippen LogP contribution in [0.4, 0.5) is 5.69 Å². The second kappa shape index (κ2) is 5.11. The van der Waals surface area contributed by atoms with Crippen LogP contribution in [-0.4, -0.2) is 24.0 Å². The molecule has 0 unspecified atom stereocenters. The van der Waals surface area contributed by atoms with Gasteiger partial charge in [-0.15, -0.1) is 0 Å². The molecule has 80 valence electrons. The second-order valence-electron chi connectivity index (χ2n) is 3.00. The Balaban J connectivity index is 2.76. The first kappa shape index (κ1) is 12.0. The number of carboxylic acids is 1. The summed E-state index contributed by atoms with van der Waals surface area (Å²) in [6, 6.07) is 7.28. The largest absolute Gasteiger partial charge is 0.481 e. The molecule has 0 radical (unpaired) electrons. The van der Waals surface area contributed by atoms with Crippen LogP contribution in [0, 0.1) is 3.57 Å². The van der Waals surface area contributed by atoms with Crippen molar-refractivity contribution in [1.29, 1.82) is 0 Å². The molecule has 1 aromatic carbocycles. The average molecular weight is 319 g/mol. The van der Waals surface area contributed by atoms with Crippen molar-refractivity contribution in [2.75, 3.05) is 11.9 Å². The van der Waals surface area contributed by atoms with E-state index in [4.69, 9.17) is 5.11 Å². The third-order valence-corrected chi connectivity index (χ3v) is 2.61. The van der Waals surface area contributed by atoms with E-state index in [9.17, 15) is 9.59 Å². The van der Waals surface area contributed by atoms with E-state index in [0.717, 1.165) is 3.57 Å². The highest BCUT2D eigenvalue weighted by molar-refractivity contribution is 14.1. The number of hydrogen-bond donors (Lipinski definition) is 1. The Labute approximate surface area is 101 Å². The topological polar surface area (TPSA) is 57.6 Å². The number of benzene rings is 1. The van der Waals surface area contributed by atoms with Crippen molar-refractivity contribution in [3.8, 4) is 0 Å². The normalized spacial score (nSPS) is 9.73. The lowest BCUT2D eigenvalue weighted by atomic mass is 10.3. The van der Waals surface area contributed by atoms with Crippen molar-refractivity contribution in [3.05, 3.63) is 27.8 Å². The highest BCUT2D eigenvalue weighted by Crippen LogP contribution is 2.15. The fourth-order valence-electron chi connectivity index (χ4n) is 1.06. The van der Waals surface area contributed by atoms with Crippen molar-refractivity contribution in [2.45, 2.75) is 6.42 Å². The fraction of sp³-hybridized carbons (Fsp3) is 0.200. The Bertz CT molecular complexity index is 375. The molecule has 1 amide bonds. The van der Waals surface area contributed by atoms with Crippen molar-refractivity contribution in [1.82, 2.24) is 0 Å². The van der Waals surface area contributed by atoms with Gasteiger partial charge in [0.25, 0.3) is 0 Å². The second-order valence-corrected chi connectivity index (χ2v) is 4.25. The maximum absolute atomic E-state index is 11.4. The standard InChI is InChI=1S/C10H10INO3/c1-12(9(13)6-10(14)15)8-4-2-7(11)3-5-8/h2-5H,6H2,1H3,(H,14,15). The van der Waals surface area contributed by atoms with Gasteiger partial charge < -0.3 is 10.0 Å². The van der Waals surface area contributed by atoms with Crippen LogP contribution in [0.15, 0.2) is 24.3 Å². The third-order valence-electron chi connectivity index (χ3n) is 1.89. The van der Waals surface area contributed by atoms with Gasteiger partial charge in [0.2, 0.25) is 5.91 Å². The molecule has 15 heavy (non-hydrogen) atoms. The van der Waals surface area contributed by atoms with Gasteiger partial charge in [0, 0.05) is 16.3 Å². The van der Waals surface area contributed by atoms with E-state index < -0.39 is 18.3 Å². The summed E-state index contributed by atoms with van der Waals surface area (Å²) in [6.07, 6.45) is -0.484. The molecule has 1 N–H and O–H groups in total. The average Bonchev–Trinajstić information content (AvgIpc) is 2.17. The summed E-state index contributed by atoms with van der Waals surface area (Å²) in [5, 5.41) is 8.48. The summed E-state index contributed by atoms with van der Waals surface area (Å²) < 4.78 is 1.07. The van der Waals surface area contributed by atoms with Crippen LogP contribution in [0.2, 0.25) is 0 Å². The molecule has 1 aromatic rings. The first-order valence-electron chi connectivity index (χ1n) is 4.24. The van der Waals surface area contributed by atoms with E-state index in [1.807, 2.05) is 12.1 Å². The molecule has 4 nitrogen and oxygen atoms in total. The lowest BCUT2D eigenvalue weighted by Gasteiger charge is -2.16. The highest BCUT2D eigenvalue weighted by Gasteiger charge is 2.13. The first-order chi connectivity index (χ1) is 7.00. The zero-order valence-electron chi connectivity index (χ0n) is 8.11.